The maximum Gasteiger partial charge on any atom is 0.335 e. The Morgan fingerprint density at radius 3 is 2.54 bits per heavy atom. The molecule has 144 valence electrons. The number of non-ortho nitro benzene ring substituents is 1. The summed E-state index contributed by atoms with van der Waals surface area (Å²) in [6.45, 7) is 3.15. The van der Waals surface area contributed by atoms with Gasteiger partial charge in [0.25, 0.3) is 11.5 Å². The van der Waals surface area contributed by atoms with Crippen molar-refractivity contribution in [3.63, 3.8) is 0 Å². The highest BCUT2D eigenvalue weighted by atomic mass is 35.5. The van der Waals surface area contributed by atoms with E-state index in [9.17, 15) is 10.1 Å². The third-order valence-corrected chi connectivity index (χ3v) is 5.06. The molecule has 7 heteroatoms. The molecule has 1 aromatic heterocycles. The molecule has 2 aromatic carbocycles. The average molecular weight is 397 g/mol. The number of para-hydroxylation sites is 1. The topological polar surface area (TPSA) is 71.9 Å². The quantitative estimate of drug-likeness (QED) is 0.383. The zero-order chi connectivity index (χ0) is 18.8. The lowest BCUT2D eigenvalue weighted by Crippen LogP contribution is -3.00. The van der Waals surface area contributed by atoms with E-state index in [1.165, 1.54) is 24.3 Å². The highest BCUT2D eigenvalue weighted by molar-refractivity contribution is 5.89. The number of hydrogen-bond acceptors (Lipinski definition) is 4. The van der Waals surface area contributed by atoms with Crippen LogP contribution in [0.4, 0.5) is 11.5 Å². The Hall–Kier alpha value is -2.86. The summed E-state index contributed by atoms with van der Waals surface area (Å²) in [5, 5.41) is 12.0. The van der Waals surface area contributed by atoms with Gasteiger partial charge in [0.15, 0.2) is 0 Å². The van der Waals surface area contributed by atoms with Crippen LogP contribution in [-0.2, 0) is 0 Å². The van der Waals surface area contributed by atoms with Crippen molar-refractivity contribution in [2.45, 2.75) is 32.6 Å². The van der Waals surface area contributed by atoms with Gasteiger partial charge >= 0.3 is 5.82 Å². The van der Waals surface area contributed by atoms with E-state index in [2.05, 4.69) is 17.6 Å². The molecule has 1 aliphatic heterocycles. The zero-order valence-corrected chi connectivity index (χ0v) is 16.4. The molecule has 0 spiro atoms. The van der Waals surface area contributed by atoms with Crippen molar-refractivity contribution in [2.75, 3.05) is 6.54 Å². The van der Waals surface area contributed by atoms with Crippen molar-refractivity contribution >= 4 is 28.1 Å². The van der Waals surface area contributed by atoms with E-state index in [1.54, 1.807) is 12.1 Å². The number of rotatable bonds is 4. The Balaban J connectivity index is 0.00000225. The maximum absolute atomic E-state index is 10.9. The average Bonchev–Trinajstić information content (AvgIpc) is 2.73. The number of nitro groups is 1. The number of aromatic nitrogens is 2. The van der Waals surface area contributed by atoms with Gasteiger partial charge in [-0.3, -0.25) is 10.1 Å². The molecule has 0 atom stereocenters. The fraction of sp³-hybridized carbons (Fsp3) is 0.286. The van der Waals surface area contributed by atoms with Crippen molar-refractivity contribution in [1.82, 2.24) is 9.97 Å². The van der Waals surface area contributed by atoms with Gasteiger partial charge in [-0.15, -0.1) is 0 Å². The first-order valence-electron chi connectivity index (χ1n) is 9.31. The predicted octanol–water partition coefficient (Wildman–Crippen LogP) is 1.89. The Morgan fingerprint density at radius 2 is 1.82 bits per heavy atom. The molecule has 0 unspecified atom stereocenters. The minimum atomic E-state index is -0.396. The molecule has 6 nitrogen and oxygen atoms in total. The van der Waals surface area contributed by atoms with Crippen molar-refractivity contribution in [3.8, 4) is 11.4 Å². The van der Waals surface area contributed by atoms with E-state index in [4.69, 9.17) is 9.97 Å². The van der Waals surface area contributed by atoms with E-state index in [0.717, 1.165) is 48.1 Å². The molecule has 0 aliphatic carbocycles. The van der Waals surface area contributed by atoms with Crippen molar-refractivity contribution in [2.24, 2.45) is 0 Å². The lowest BCUT2D eigenvalue weighted by Gasteiger charge is -2.17. The van der Waals surface area contributed by atoms with Crippen LogP contribution >= 0.6 is 0 Å². The van der Waals surface area contributed by atoms with Crippen molar-refractivity contribution in [1.29, 1.82) is 0 Å². The fourth-order valence-electron chi connectivity index (χ4n) is 3.64. The lowest BCUT2D eigenvalue weighted by molar-refractivity contribution is -0.450. The summed E-state index contributed by atoms with van der Waals surface area (Å²) in [4.78, 5) is 20.1. The van der Waals surface area contributed by atoms with Crippen LogP contribution in [0.3, 0.4) is 0 Å². The first kappa shape index (κ1) is 19.9. The van der Waals surface area contributed by atoms with Gasteiger partial charge in [-0.2, -0.15) is 0 Å². The lowest BCUT2D eigenvalue weighted by atomic mass is 10.1. The number of halogens is 1. The molecule has 4 rings (SSSR count). The number of fused-ring (bicyclic) bond motifs is 1. The normalized spacial score (nSPS) is 14.0. The van der Waals surface area contributed by atoms with Gasteiger partial charge in [-0.1, -0.05) is 19.1 Å². The molecular formula is C21H21ClN4O2. The third kappa shape index (κ3) is 3.73. The Bertz CT molecular complexity index is 1050. The summed E-state index contributed by atoms with van der Waals surface area (Å²) in [5.41, 5.74) is 3.14. The summed E-state index contributed by atoms with van der Waals surface area (Å²) >= 11 is 0. The molecule has 1 aliphatic rings. The SMILES string of the molecule is CCC1=[N+](c2nc(-c3ccc([N+](=O)[O-])cc3)nc3ccccc23)CCCC1.[Cl-]. The Kier molecular flexibility index (Phi) is 5.99. The van der Waals surface area contributed by atoms with Gasteiger partial charge in [0.1, 0.15) is 0 Å². The summed E-state index contributed by atoms with van der Waals surface area (Å²) in [7, 11) is 0. The molecule has 0 N–H and O–H groups in total. The van der Waals surface area contributed by atoms with E-state index in [1.807, 2.05) is 18.2 Å². The van der Waals surface area contributed by atoms with Crippen LogP contribution in [0.5, 0.6) is 0 Å². The van der Waals surface area contributed by atoms with E-state index in [0.29, 0.717) is 5.82 Å². The van der Waals surface area contributed by atoms with Gasteiger partial charge in [0.2, 0.25) is 0 Å². The van der Waals surface area contributed by atoms with Crippen LogP contribution in [0.15, 0.2) is 48.5 Å². The standard InChI is InChI=1S/C21H21N4O2.ClH/c1-2-16-7-5-6-14-24(16)21-18-8-3-4-9-19(18)22-20(23-21)15-10-12-17(13-11-15)25(26)27;/h3-4,8-13H,2,5-7,14H2,1H3;1H/q+1;/p-1. The summed E-state index contributed by atoms with van der Waals surface area (Å²) in [6, 6.07) is 14.5. The number of nitro benzene ring substituents is 1. The Morgan fingerprint density at radius 1 is 1.07 bits per heavy atom. The van der Waals surface area contributed by atoms with Crippen LogP contribution in [0, 0.1) is 10.1 Å². The number of nitrogens with zero attached hydrogens (tertiary/aromatic N) is 4. The fourth-order valence-corrected chi connectivity index (χ4v) is 3.64. The van der Waals surface area contributed by atoms with Gasteiger partial charge in [0.05, 0.1) is 28.1 Å². The predicted molar refractivity (Wildman–Crippen MR) is 106 cm³/mol. The van der Waals surface area contributed by atoms with Gasteiger partial charge < -0.3 is 12.4 Å². The highest BCUT2D eigenvalue weighted by Gasteiger charge is 2.25. The van der Waals surface area contributed by atoms with Gasteiger partial charge in [0, 0.05) is 30.5 Å². The van der Waals surface area contributed by atoms with E-state index in [-0.39, 0.29) is 18.1 Å². The molecule has 0 saturated heterocycles. The summed E-state index contributed by atoms with van der Waals surface area (Å²) in [6.07, 6.45) is 4.47. The molecule has 0 radical (unpaired) electrons. The molecule has 2 heterocycles. The smallest absolute Gasteiger partial charge is 0.335 e. The molecule has 28 heavy (non-hydrogen) atoms. The monoisotopic (exact) mass is 396 g/mol. The number of benzene rings is 2. The first-order chi connectivity index (χ1) is 13.2. The molecule has 3 aromatic rings. The molecule has 0 bridgehead atoms. The van der Waals surface area contributed by atoms with Crippen LogP contribution in [0.1, 0.15) is 32.6 Å². The Labute approximate surface area is 169 Å². The van der Waals surface area contributed by atoms with E-state index >= 15 is 0 Å². The molecular weight excluding hydrogens is 376 g/mol. The third-order valence-electron chi connectivity index (χ3n) is 5.06. The largest absolute Gasteiger partial charge is 1.00 e. The second kappa shape index (κ2) is 8.44. The first-order valence-corrected chi connectivity index (χ1v) is 9.31. The maximum atomic E-state index is 10.9. The van der Waals surface area contributed by atoms with Gasteiger partial charge in [-0.25, -0.2) is 9.56 Å². The van der Waals surface area contributed by atoms with Crippen LogP contribution in [0.25, 0.3) is 22.3 Å². The number of hydrogen-bond donors (Lipinski definition) is 0. The van der Waals surface area contributed by atoms with Crippen LogP contribution < -0.4 is 12.4 Å². The summed E-state index contributed by atoms with van der Waals surface area (Å²) in [5.74, 6) is 1.53. The second-order valence-electron chi connectivity index (χ2n) is 6.72. The molecule has 0 amide bonds. The minimum absolute atomic E-state index is 0. The van der Waals surface area contributed by atoms with Gasteiger partial charge in [-0.05, 0) is 42.1 Å². The second-order valence-corrected chi connectivity index (χ2v) is 6.72. The van der Waals surface area contributed by atoms with Crippen molar-refractivity contribution < 1.29 is 21.9 Å². The minimum Gasteiger partial charge on any atom is -1.00 e. The molecule has 0 saturated carbocycles. The summed E-state index contributed by atoms with van der Waals surface area (Å²) < 4.78 is 2.34. The van der Waals surface area contributed by atoms with Crippen LogP contribution in [-0.4, -0.2) is 31.7 Å². The van der Waals surface area contributed by atoms with E-state index < -0.39 is 4.92 Å². The van der Waals surface area contributed by atoms with Crippen molar-refractivity contribution in [3.05, 3.63) is 58.6 Å². The zero-order valence-electron chi connectivity index (χ0n) is 15.6. The van der Waals surface area contributed by atoms with Crippen LogP contribution in [0.2, 0.25) is 0 Å². The highest BCUT2D eigenvalue weighted by Crippen LogP contribution is 2.29. The molecule has 0 fully saturated rings.